The van der Waals surface area contributed by atoms with E-state index in [0.29, 0.717) is 17.5 Å². The molecule has 6 nitrogen and oxygen atoms in total. The van der Waals surface area contributed by atoms with Crippen molar-refractivity contribution in [3.05, 3.63) is 89.2 Å². The van der Waals surface area contributed by atoms with E-state index in [2.05, 4.69) is 10.6 Å². The van der Waals surface area contributed by atoms with E-state index < -0.39 is 41.5 Å². The van der Waals surface area contributed by atoms with Crippen LogP contribution in [0.25, 0.3) is 0 Å². The molecule has 4 rings (SSSR count). The fourth-order valence-corrected chi connectivity index (χ4v) is 4.59. The molecule has 0 aromatic heterocycles. The topological polar surface area (TPSA) is 78.5 Å². The van der Waals surface area contributed by atoms with Crippen molar-refractivity contribution in [3.63, 3.8) is 0 Å². The van der Waals surface area contributed by atoms with Gasteiger partial charge in [-0.1, -0.05) is 30.3 Å². The predicted octanol–water partition coefficient (Wildman–Crippen LogP) is 4.15. The Balaban J connectivity index is 1.34. The lowest BCUT2D eigenvalue weighted by Crippen LogP contribution is -2.33. The maximum Gasteiger partial charge on any atom is 0.252 e. The van der Waals surface area contributed by atoms with E-state index in [1.807, 2.05) is 24.3 Å². The molecule has 0 bridgehead atoms. The number of carbonyl (C=O) groups is 3. The van der Waals surface area contributed by atoms with Crippen LogP contribution in [0, 0.1) is 17.5 Å². The van der Waals surface area contributed by atoms with Crippen LogP contribution in [-0.4, -0.2) is 36.6 Å². The van der Waals surface area contributed by atoms with Crippen LogP contribution in [0.1, 0.15) is 15.9 Å². The van der Waals surface area contributed by atoms with Gasteiger partial charge in [-0.3, -0.25) is 14.4 Å². The molecule has 10 heteroatoms. The molecule has 0 aliphatic carbocycles. The molecule has 0 saturated heterocycles. The van der Waals surface area contributed by atoms with Crippen LogP contribution in [0.15, 0.2) is 65.6 Å². The zero-order valence-electron chi connectivity index (χ0n) is 18.3. The van der Waals surface area contributed by atoms with E-state index in [-0.39, 0.29) is 17.2 Å². The Kier molecular flexibility index (Phi) is 7.40. The van der Waals surface area contributed by atoms with Crippen molar-refractivity contribution < 1.29 is 27.6 Å². The summed E-state index contributed by atoms with van der Waals surface area (Å²) in [5, 5.41) is 4.50. The highest BCUT2D eigenvalue weighted by Crippen LogP contribution is 2.29. The summed E-state index contributed by atoms with van der Waals surface area (Å²) < 4.78 is 40.1. The van der Waals surface area contributed by atoms with E-state index >= 15 is 0 Å². The zero-order chi connectivity index (χ0) is 24.9. The van der Waals surface area contributed by atoms with E-state index in [1.165, 1.54) is 11.8 Å². The molecule has 3 aromatic carbocycles. The third-order valence-electron chi connectivity index (χ3n) is 5.39. The maximum absolute atomic E-state index is 13.7. The van der Waals surface area contributed by atoms with Crippen molar-refractivity contribution >= 4 is 40.9 Å². The average molecular weight is 500 g/mol. The number of hydrogen-bond acceptors (Lipinski definition) is 4. The second-order valence-electron chi connectivity index (χ2n) is 7.66. The minimum absolute atomic E-state index is 0.0805. The summed E-state index contributed by atoms with van der Waals surface area (Å²) in [5.74, 6) is -5.97. The molecule has 0 saturated carbocycles. The Morgan fingerprint density at radius 3 is 2.49 bits per heavy atom. The number of halogens is 3. The third kappa shape index (κ3) is 5.48. The van der Waals surface area contributed by atoms with Gasteiger partial charge in [0.1, 0.15) is 0 Å². The molecule has 0 atom stereocenters. The fraction of sp³-hybridized carbons (Fsp3) is 0.160. The molecule has 35 heavy (non-hydrogen) atoms. The second kappa shape index (κ2) is 10.6. The lowest BCUT2D eigenvalue weighted by atomic mass is 10.2. The van der Waals surface area contributed by atoms with Gasteiger partial charge in [0.25, 0.3) is 5.91 Å². The van der Waals surface area contributed by atoms with Crippen molar-refractivity contribution in [3.8, 4) is 0 Å². The monoisotopic (exact) mass is 499 g/mol. The van der Waals surface area contributed by atoms with Crippen molar-refractivity contribution in [2.24, 2.45) is 0 Å². The fourth-order valence-electron chi connectivity index (χ4n) is 3.67. The number of amides is 3. The first-order valence-electron chi connectivity index (χ1n) is 10.7. The SMILES string of the molecule is O=C(CNC(=O)c1ccccc1SCC(=O)N1CCc2ccccc21)Nc1ccc(F)c(F)c1F. The van der Waals surface area contributed by atoms with Gasteiger partial charge >= 0.3 is 0 Å². The first-order chi connectivity index (χ1) is 16.8. The molecule has 1 heterocycles. The molecular weight excluding hydrogens is 479 g/mol. The van der Waals surface area contributed by atoms with Crippen molar-refractivity contribution in [1.29, 1.82) is 0 Å². The maximum atomic E-state index is 13.7. The Morgan fingerprint density at radius 1 is 0.914 bits per heavy atom. The number of nitrogens with one attached hydrogen (secondary N) is 2. The second-order valence-corrected chi connectivity index (χ2v) is 8.68. The summed E-state index contributed by atoms with van der Waals surface area (Å²) in [7, 11) is 0. The number of hydrogen-bond donors (Lipinski definition) is 2. The van der Waals surface area contributed by atoms with Crippen LogP contribution in [0.2, 0.25) is 0 Å². The quantitative estimate of drug-likeness (QED) is 0.378. The predicted molar refractivity (Wildman–Crippen MR) is 127 cm³/mol. The van der Waals surface area contributed by atoms with Crippen molar-refractivity contribution in [2.45, 2.75) is 11.3 Å². The van der Waals surface area contributed by atoms with Gasteiger partial charge < -0.3 is 15.5 Å². The summed E-state index contributed by atoms with van der Waals surface area (Å²) in [6.45, 7) is 0.0777. The van der Waals surface area contributed by atoms with Gasteiger partial charge in [0.05, 0.1) is 23.5 Å². The van der Waals surface area contributed by atoms with Crippen LogP contribution < -0.4 is 15.5 Å². The molecule has 0 radical (unpaired) electrons. The molecule has 0 fully saturated rings. The van der Waals surface area contributed by atoms with E-state index in [1.54, 1.807) is 29.2 Å². The number of benzene rings is 3. The Bertz CT molecular complexity index is 1300. The minimum Gasteiger partial charge on any atom is -0.343 e. The molecule has 0 spiro atoms. The van der Waals surface area contributed by atoms with Crippen LogP contribution in [-0.2, 0) is 16.0 Å². The Labute approximate surface area is 203 Å². The molecule has 1 aliphatic rings. The number of carbonyl (C=O) groups excluding carboxylic acids is 3. The van der Waals surface area contributed by atoms with Gasteiger partial charge in [-0.05, 0) is 42.3 Å². The van der Waals surface area contributed by atoms with Gasteiger partial charge in [0.15, 0.2) is 17.5 Å². The van der Waals surface area contributed by atoms with Gasteiger partial charge in [-0.25, -0.2) is 13.2 Å². The third-order valence-corrected chi connectivity index (χ3v) is 6.45. The highest BCUT2D eigenvalue weighted by Gasteiger charge is 2.24. The van der Waals surface area contributed by atoms with Crippen molar-refractivity contribution in [2.75, 3.05) is 29.1 Å². The largest absolute Gasteiger partial charge is 0.343 e. The lowest BCUT2D eigenvalue weighted by molar-refractivity contribution is -0.116. The summed E-state index contributed by atoms with van der Waals surface area (Å²) in [5.41, 5.74) is 1.74. The number of rotatable bonds is 7. The molecule has 2 N–H and O–H groups in total. The van der Waals surface area contributed by atoms with Gasteiger partial charge in [0, 0.05) is 17.1 Å². The van der Waals surface area contributed by atoms with E-state index in [9.17, 15) is 27.6 Å². The van der Waals surface area contributed by atoms with Gasteiger partial charge in [-0.2, -0.15) is 0 Å². The molecule has 3 amide bonds. The summed E-state index contributed by atoms with van der Waals surface area (Å²) >= 11 is 1.21. The summed E-state index contributed by atoms with van der Waals surface area (Å²) in [4.78, 5) is 39.8. The number of anilines is 2. The zero-order valence-corrected chi connectivity index (χ0v) is 19.1. The number of thioether (sulfide) groups is 1. The highest BCUT2D eigenvalue weighted by molar-refractivity contribution is 8.00. The van der Waals surface area contributed by atoms with Gasteiger partial charge in [-0.15, -0.1) is 11.8 Å². The molecule has 1 aliphatic heterocycles. The molecule has 0 unspecified atom stereocenters. The highest BCUT2D eigenvalue weighted by atomic mass is 32.2. The van der Waals surface area contributed by atoms with Crippen LogP contribution in [0.3, 0.4) is 0 Å². The first kappa shape index (κ1) is 24.3. The minimum atomic E-state index is -1.70. The molecule has 3 aromatic rings. The normalized spacial score (nSPS) is 12.3. The average Bonchev–Trinajstić information content (AvgIpc) is 3.31. The van der Waals surface area contributed by atoms with Crippen LogP contribution in [0.4, 0.5) is 24.5 Å². The Hall–Kier alpha value is -3.79. The molecule has 180 valence electrons. The van der Waals surface area contributed by atoms with Crippen molar-refractivity contribution in [1.82, 2.24) is 5.32 Å². The Morgan fingerprint density at radius 2 is 1.66 bits per heavy atom. The number of fused-ring (bicyclic) bond motifs is 1. The summed E-state index contributed by atoms with van der Waals surface area (Å²) in [6.07, 6.45) is 0.794. The number of nitrogens with zero attached hydrogens (tertiary/aromatic N) is 1. The van der Waals surface area contributed by atoms with E-state index in [4.69, 9.17) is 0 Å². The smallest absolute Gasteiger partial charge is 0.252 e. The lowest BCUT2D eigenvalue weighted by Gasteiger charge is -2.17. The van der Waals surface area contributed by atoms with Gasteiger partial charge in [0.2, 0.25) is 11.8 Å². The van der Waals surface area contributed by atoms with E-state index in [0.717, 1.165) is 23.7 Å². The van der Waals surface area contributed by atoms with Crippen LogP contribution in [0.5, 0.6) is 0 Å². The van der Waals surface area contributed by atoms with Crippen LogP contribution >= 0.6 is 11.8 Å². The standard InChI is InChI=1S/C25H20F3N3O3S/c26-17-9-10-18(24(28)23(17)27)30-21(32)13-29-25(34)16-6-2-4-8-20(16)35-14-22(33)31-12-11-15-5-1-3-7-19(15)31/h1-10H,11-14H2,(H,29,34)(H,30,32). The summed E-state index contributed by atoms with van der Waals surface area (Å²) in [6, 6.07) is 15.9. The molecular formula is C25H20F3N3O3S. The first-order valence-corrected chi connectivity index (χ1v) is 11.7. The number of para-hydroxylation sites is 1.